The largest absolute Gasteiger partial charge is 0.351 e. The van der Waals surface area contributed by atoms with Crippen LogP contribution >= 0.6 is 0 Å². The zero-order chi connectivity index (χ0) is 17.1. The molecule has 1 fully saturated rings. The van der Waals surface area contributed by atoms with Crippen LogP contribution in [0.25, 0.3) is 0 Å². The first kappa shape index (κ1) is 16.4. The van der Waals surface area contributed by atoms with E-state index in [1.54, 1.807) is 6.07 Å². The van der Waals surface area contributed by atoms with Crippen molar-refractivity contribution >= 4 is 17.5 Å². The van der Waals surface area contributed by atoms with E-state index in [0.717, 1.165) is 35.3 Å². The number of para-hydroxylation sites is 1. The molecule has 1 saturated carbocycles. The number of amides is 1. The lowest BCUT2D eigenvalue weighted by atomic mass is 10.1. The molecule has 1 aliphatic carbocycles. The Balaban J connectivity index is 1.80. The average molecular weight is 324 g/mol. The molecule has 0 atom stereocenters. The van der Waals surface area contributed by atoms with Crippen LogP contribution in [0.2, 0.25) is 0 Å². The van der Waals surface area contributed by atoms with Gasteiger partial charge in [0.2, 0.25) is 5.95 Å². The number of nitrogens with one attached hydrogen (secondary N) is 2. The van der Waals surface area contributed by atoms with Gasteiger partial charge < -0.3 is 10.6 Å². The number of aromatic nitrogens is 2. The van der Waals surface area contributed by atoms with Crippen molar-refractivity contribution in [1.82, 2.24) is 9.97 Å². The van der Waals surface area contributed by atoms with Crippen molar-refractivity contribution < 1.29 is 4.79 Å². The molecule has 1 aromatic heterocycles. The number of nitrogens with zero attached hydrogens (tertiary/aromatic N) is 2. The summed E-state index contributed by atoms with van der Waals surface area (Å²) in [5.74, 6) is 0.348. The Kier molecular flexibility index (Phi) is 4.79. The smallest absolute Gasteiger partial charge is 0.274 e. The summed E-state index contributed by atoms with van der Waals surface area (Å²) in [5, 5.41) is 6.35. The van der Waals surface area contributed by atoms with Crippen molar-refractivity contribution in [3.8, 4) is 0 Å². The molecular weight excluding hydrogens is 300 g/mol. The van der Waals surface area contributed by atoms with Crippen molar-refractivity contribution in [1.29, 1.82) is 0 Å². The van der Waals surface area contributed by atoms with Crippen LogP contribution in [0.4, 0.5) is 11.6 Å². The summed E-state index contributed by atoms with van der Waals surface area (Å²) in [6.45, 7) is 5.86. The quantitative estimate of drug-likeness (QED) is 0.892. The summed E-state index contributed by atoms with van der Waals surface area (Å²) >= 11 is 0. The predicted molar refractivity (Wildman–Crippen MR) is 96.5 cm³/mol. The third kappa shape index (κ3) is 3.72. The van der Waals surface area contributed by atoms with Gasteiger partial charge in [0, 0.05) is 17.4 Å². The Bertz CT molecular complexity index is 731. The van der Waals surface area contributed by atoms with Gasteiger partial charge in [0.25, 0.3) is 5.91 Å². The van der Waals surface area contributed by atoms with E-state index in [1.165, 1.54) is 12.8 Å². The van der Waals surface area contributed by atoms with Crippen LogP contribution in [0.1, 0.15) is 53.0 Å². The molecule has 2 aromatic rings. The predicted octanol–water partition coefficient (Wildman–Crippen LogP) is 4.01. The van der Waals surface area contributed by atoms with E-state index in [-0.39, 0.29) is 5.91 Å². The fraction of sp³-hybridized carbons (Fsp3) is 0.421. The van der Waals surface area contributed by atoms with E-state index >= 15 is 0 Å². The number of hydrogen-bond donors (Lipinski definition) is 2. The second-order valence-electron chi connectivity index (χ2n) is 6.56. The summed E-state index contributed by atoms with van der Waals surface area (Å²) in [6, 6.07) is 8.10. The van der Waals surface area contributed by atoms with E-state index in [2.05, 4.69) is 20.6 Å². The van der Waals surface area contributed by atoms with E-state index in [0.29, 0.717) is 17.7 Å². The highest BCUT2D eigenvalue weighted by molar-refractivity contribution is 6.03. The highest BCUT2D eigenvalue weighted by Gasteiger charge is 2.18. The number of rotatable bonds is 4. The lowest BCUT2D eigenvalue weighted by Gasteiger charge is -2.14. The lowest BCUT2D eigenvalue weighted by molar-refractivity contribution is 0.102. The van der Waals surface area contributed by atoms with Gasteiger partial charge in [0.1, 0.15) is 5.69 Å². The molecule has 126 valence electrons. The molecule has 0 bridgehead atoms. The molecule has 1 aromatic carbocycles. The summed E-state index contributed by atoms with van der Waals surface area (Å²) in [4.78, 5) is 21.5. The Labute approximate surface area is 142 Å². The minimum absolute atomic E-state index is 0.202. The number of aryl methyl sites for hydroxylation is 3. The molecule has 24 heavy (non-hydrogen) atoms. The monoisotopic (exact) mass is 324 g/mol. The summed E-state index contributed by atoms with van der Waals surface area (Å²) in [5.41, 5.74) is 4.11. The minimum Gasteiger partial charge on any atom is -0.351 e. The maximum absolute atomic E-state index is 12.6. The number of anilines is 2. The SMILES string of the molecule is Cc1cc(C(=O)Nc2c(C)cccc2C)nc(NC2CCCC2)n1. The van der Waals surface area contributed by atoms with Gasteiger partial charge in [0.15, 0.2) is 0 Å². The number of carbonyl (C=O) groups is 1. The van der Waals surface area contributed by atoms with Crippen molar-refractivity contribution in [2.24, 2.45) is 0 Å². The molecule has 2 N–H and O–H groups in total. The van der Waals surface area contributed by atoms with Gasteiger partial charge in [-0.05, 0) is 50.8 Å². The van der Waals surface area contributed by atoms with Crippen LogP contribution < -0.4 is 10.6 Å². The first-order valence-electron chi connectivity index (χ1n) is 8.53. The number of benzene rings is 1. The molecule has 5 nitrogen and oxygen atoms in total. The molecule has 0 radical (unpaired) electrons. The molecule has 1 aliphatic rings. The van der Waals surface area contributed by atoms with Crippen LogP contribution in [0.5, 0.6) is 0 Å². The first-order valence-corrected chi connectivity index (χ1v) is 8.53. The van der Waals surface area contributed by atoms with Gasteiger partial charge >= 0.3 is 0 Å². The van der Waals surface area contributed by atoms with Gasteiger partial charge in [-0.2, -0.15) is 0 Å². The maximum atomic E-state index is 12.6. The van der Waals surface area contributed by atoms with Crippen molar-refractivity contribution in [2.75, 3.05) is 10.6 Å². The van der Waals surface area contributed by atoms with E-state index in [4.69, 9.17) is 0 Å². The van der Waals surface area contributed by atoms with Crippen molar-refractivity contribution in [2.45, 2.75) is 52.5 Å². The first-order chi connectivity index (χ1) is 11.5. The number of carbonyl (C=O) groups excluding carboxylic acids is 1. The van der Waals surface area contributed by atoms with Crippen molar-refractivity contribution in [3.05, 3.63) is 46.8 Å². The van der Waals surface area contributed by atoms with Gasteiger partial charge in [0.05, 0.1) is 0 Å². The van der Waals surface area contributed by atoms with E-state index in [9.17, 15) is 4.79 Å². The average Bonchev–Trinajstić information content (AvgIpc) is 3.03. The summed E-state index contributed by atoms with van der Waals surface area (Å²) < 4.78 is 0. The molecule has 5 heteroatoms. The van der Waals surface area contributed by atoms with Crippen LogP contribution in [0, 0.1) is 20.8 Å². The molecule has 0 unspecified atom stereocenters. The highest BCUT2D eigenvalue weighted by atomic mass is 16.1. The molecular formula is C19H24N4O. The second-order valence-corrected chi connectivity index (χ2v) is 6.56. The lowest BCUT2D eigenvalue weighted by Crippen LogP contribution is -2.20. The topological polar surface area (TPSA) is 66.9 Å². The summed E-state index contributed by atoms with van der Waals surface area (Å²) in [7, 11) is 0. The van der Waals surface area contributed by atoms with Crippen molar-refractivity contribution in [3.63, 3.8) is 0 Å². The van der Waals surface area contributed by atoms with Gasteiger partial charge in [-0.25, -0.2) is 9.97 Å². The molecule has 1 amide bonds. The molecule has 0 spiro atoms. The fourth-order valence-electron chi connectivity index (χ4n) is 3.19. The number of hydrogen-bond acceptors (Lipinski definition) is 4. The third-order valence-corrected chi connectivity index (χ3v) is 4.49. The van der Waals surface area contributed by atoms with Gasteiger partial charge in [-0.1, -0.05) is 31.0 Å². The Morgan fingerprint density at radius 1 is 1.08 bits per heavy atom. The second kappa shape index (κ2) is 6.99. The minimum atomic E-state index is -0.202. The normalized spacial score (nSPS) is 14.6. The third-order valence-electron chi connectivity index (χ3n) is 4.49. The molecule has 3 rings (SSSR count). The zero-order valence-electron chi connectivity index (χ0n) is 14.5. The van der Waals surface area contributed by atoms with E-state index < -0.39 is 0 Å². The fourth-order valence-corrected chi connectivity index (χ4v) is 3.19. The zero-order valence-corrected chi connectivity index (χ0v) is 14.5. The van der Waals surface area contributed by atoms with Crippen LogP contribution in [-0.2, 0) is 0 Å². The van der Waals surface area contributed by atoms with Gasteiger partial charge in [-0.15, -0.1) is 0 Å². The highest BCUT2D eigenvalue weighted by Crippen LogP contribution is 2.22. The Morgan fingerprint density at radius 2 is 1.75 bits per heavy atom. The van der Waals surface area contributed by atoms with E-state index in [1.807, 2.05) is 39.0 Å². The van der Waals surface area contributed by atoms with Crippen LogP contribution in [0.3, 0.4) is 0 Å². The Hall–Kier alpha value is -2.43. The molecule has 0 saturated heterocycles. The summed E-state index contributed by atoms with van der Waals surface area (Å²) in [6.07, 6.45) is 4.76. The van der Waals surface area contributed by atoms with Crippen LogP contribution in [-0.4, -0.2) is 21.9 Å². The standard InChI is InChI=1S/C19H24N4O/c1-12-7-6-8-13(2)17(12)23-18(24)16-11-14(3)20-19(22-16)21-15-9-4-5-10-15/h6-8,11,15H,4-5,9-10H2,1-3H3,(H,23,24)(H,20,21,22). The maximum Gasteiger partial charge on any atom is 0.274 e. The van der Waals surface area contributed by atoms with Crippen LogP contribution in [0.15, 0.2) is 24.3 Å². The molecule has 1 heterocycles. The molecule has 0 aliphatic heterocycles. The Morgan fingerprint density at radius 3 is 2.42 bits per heavy atom. The van der Waals surface area contributed by atoms with Gasteiger partial charge in [-0.3, -0.25) is 4.79 Å².